The van der Waals surface area contributed by atoms with E-state index in [-0.39, 0.29) is 5.75 Å². The first kappa shape index (κ1) is 21.5. The van der Waals surface area contributed by atoms with Crippen LogP contribution in [0.3, 0.4) is 0 Å². The van der Waals surface area contributed by atoms with Gasteiger partial charge in [-0.2, -0.15) is 8.78 Å². The van der Waals surface area contributed by atoms with Crippen LogP contribution in [0.25, 0.3) is 10.9 Å². The molecule has 0 radical (unpaired) electrons. The van der Waals surface area contributed by atoms with Crippen molar-refractivity contribution in [3.8, 4) is 5.75 Å². The number of nitrogens with one attached hydrogen (secondary N) is 1. The largest absolute Gasteiger partial charge is 0.487 e. The van der Waals surface area contributed by atoms with Gasteiger partial charge in [0.25, 0.3) is 0 Å². The number of ether oxygens (including phenoxy) is 1. The molecule has 0 aliphatic rings. The van der Waals surface area contributed by atoms with Gasteiger partial charge in [-0.25, -0.2) is 8.78 Å². The summed E-state index contributed by atoms with van der Waals surface area (Å²) in [5, 5.41) is 1.80. The molecule has 3 aromatic rings. The fourth-order valence-electron chi connectivity index (χ4n) is 3.04. The molecule has 8 heteroatoms. The first-order valence-electron chi connectivity index (χ1n) is 9.06. The number of hydrogen-bond donors (Lipinski definition) is 1. The normalized spacial score (nSPS) is 12.3. The van der Waals surface area contributed by atoms with Gasteiger partial charge >= 0.3 is 12.3 Å². The molecule has 0 fully saturated rings. The molecule has 2 aromatic carbocycles. The highest BCUT2D eigenvalue weighted by atomic mass is 35.5. The van der Waals surface area contributed by atoms with Crippen LogP contribution in [0.15, 0.2) is 48.7 Å². The van der Waals surface area contributed by atoms with Gasteiger partial charge in [-0.1, -0.05) is 29.8 Å². The van der Waals surface area contributed by atoms with Crippen molar-refractivity contribution in [2.24, 2.45) is 0 Å². The first-order chi connectivity index (χ1) is 13.7. The number of aromatic amines is 1. The van der Waals surface area contributed by atoms with Gasteiger partial charge in [0.2, 0.25) is 0 Å². The zero-order valence-electron chi connectivity index (χ0n) is 15.8. The fraction of sp³-hybridized carbons (Fsp3) is 0.333. The minimum atomic E-state index is -4.17. The zero-order valence-corrected chi connectivity index (χ0v) is 16.5. The van der Waals surface area contributed by atoms with Crippen molar-refractivity contribution < 1.29 is 22.3 Å². The summed E-state index contributed by atoms with van der Waals surface area (Å²) >= 11 is 6.00. The molecule has 0 spiro atoms. The maximum atomic E-state index is 13.0. The van der Waals surface area contributed by atoms with Gasteiger partial charge in [-0.3, -0.25) is 0 Å². The van der Waals surface area contributed by atoms with Crippen LogP contribution in [-0.4, -0.2) is 42.4 Å². The molecule has 156 valence electrons. The van der Waals surface area contributed by atoms with Crippen LogP contribution in [0, 0.1) is 0 Å². The van der Waals surface area contributed by atoms with E-state index in [1.54, 1.807) is 12.1 Å². The molecule has 1 aromatic heterocycles. The number of H-pyrrole nitrogens is 1. The monoisotopic (exact) mass is 428 g/mol. The highest BCUT2D eigenvalue weighted by Gasteiger charge is 2.41. The first-order valence-corrected chi connectivity index (χ1v) is 9.44. The van der Waals surface area contributed by atoms with Crippen LogP contribution in [-0.2, 0) is 13.0 Å². The quantitative estimate of drug-likeness (QED) is 0.438. The van der Waals surface area contributed by atoms with E-state index in [2.05, 4.69) is 9.88 Å². The summed E-state index contributed by atoms with van der Waals surface area (Å²) in [6.45, 7) is -0.0186. The molecule has 0 amide bonds. The van der Waals surface area contributed by atoms with Gasteiger partial charge in [-0.05, 0) is 48.9 Å². The summed E-state index contributed by atoms with van der Waals surface area (Å²) in [7, 11) is 1.95. The molecular formula is C21H21ClF4N2O. The third-order valence-corrected chi connectivity index (χ3v) is 4.83. The standard InChI is InChI=1S/C21H21ClF4N2O/c1-28(8-7-15-11-27-19-10-16(22)5-6-18(15)19)12-14-3-2-4-17(9-14)29-13-21(25,26)20(23)24/h2-6,9-11,20,27H,7-8,12-13H2,1H3. The molecule has 0 atom stereocenters. The maximum Gasteiger partial charge on any atom is 0.340 e. The van der Waals surface area contributed by atoms with E-state index in [4.69, 9.17) is 16.3 Å². The average Bonchev–Trinajstić information content (AvgIpc) is 3.07. The van der Waals surface area contributed by atoms with Crippen molar-refractivity contribution in [3.63, 3.8) is 0 Å². The Labute approximate surface area is 171 Å². The molecule has 1 heterocycles. The van der Waals surface area contributed by atoms with Gasteiger partial charge in [0.05, 0.1) is 0 Å². The summed E-state index contributed by atoms with van der Waals surface area (Å²) in [5.41, 5.74) is 3.01. The second-order valence-electron chi connectivity index (χ2n) is 6.99. The topological polar surface area (TPSA) is 28.3 Å². The molecular weight excluding hydrogens is 408 g/mol. The third kappa shape index (κ3) is 5.64. The Hall–Kier alpha value is -2.25. The Morgan fingerprint density at radius 3 is 2.72 bits per heavy atom. The minimum absolute atomic E-state index is 0.143. The van der Waals surface area contributed by atoms with Crippen molar-refractivity contribution in [3.05, 3.63) is 64.8 Å². The predicted octanol–water partition coefficient (Wildman–Crippen LogP) is 5.78. The van der Waals surface area contributed by atoms with Crippen LogP contribution in [0.1, 0.15) is 11.1 Å². The number of benzene rings is 2. The van der Waals surface area contributed by atoms with E-state index in [0.717, 1.165) is 29.4 Å². The Kier molecular flexibility index (Phi) is 6.70. The van der Waals surface area contributed by atoms with Crippen molar-refractivity contribution in [1.82, 2.24) is 9.88 Å². The highest BCUT2D eigenvalue weighted by Crippen LogP contribution is 2.25. The van der Waals surface area contributed by atoms with Crippen LogP contribution in [0.2, 0.25) is 5.02 Å². The number of likely N-dealkylation sites (N-methyl/N-ethyl adjacent to an activating group) is 1. The molecule has 0 aliphatic carbocycles. The predicted molar refractivity (Wildman–Crippen MR) is 106 cm³/mol. The fourth-order valence-corrected chi connectivity index (χ4v) is 3.22. The number of halogens is 5. The lowest BCUT2D eigenvalue weighted by atomic mass is 10.1. The number of aromatic nitrogens is 1. The highest BCUT2D eigenvalue weighted by molar-refractivity contribution is 6.31. The van der Waals surface area contributed by atoms with Crippen LogP contribution < -0.4 is 4.74 Å². The van der Waals surface area contributed by atoms with Crippen molar-refractivity contribution in [2.45, 2.75) is 25.3 Å². The van der Waals surface area contributed by atoms with Gasteiger partial charge in [-0.15, -0.1) is 0 Å². The molecule has 0 saturated carbocycles. The Bertz CT molecular complexity index is 961. The van der Waals surface area contributed by atoms with E-state index in [9.17, 15) is 17.6 Å². The number of fused-ring (bicyclic) bond motifs is 1. The van der Waals surface area contributed by atoms with E-state index < -0.39 is 19.0 Å². The molecule has 1 N–H and O–H groups in total. The molecule has 0 unspecified atom stereocenters. The zero-order chi connectivity index (χ0) is 21.0. The van der Waals surface area contributed by atoms with Gasteiger partial charge in [0.1, 0.15) is 5.75 Å². The summed E-state index contributed by atoms with van der Waals surface area (Å²) < 4.78 is 55.4. The maximum absolute atomic E-state index is 13.0. The van der Waals surface area contributed by atoms with E-state index >= 15 is 0 Å². The van der Waals surface area contributed by atoms with Crippen molar-refractivity contribution in [1.29, 1.82) is 0 Å². The molecule has 3 rings (SSSR count). The van der Waals surface area contributed by atoms with Gasteiger partial charge in [0, 0.05) is 35.2 Å². The van der Waals surface area contributed by atoms with Crippen LogP contribution >= 0.6 is 11.6 Å². The molecule has 3 nitrogen and oxygen atoms in total. The van der Waals surface area contributed by atoms with Gasteiger partial charge < -0.3 is 14.6 Å². The smallest absolute Gasteiger partial charge is 0.340 e. The average molecular weight is 429 g/mol. The third-order valence-electron chi connectivity index (χ3n) is 4.59. The number of hydrogen-bond acceptors (Lipinski definition) is 2. The molecule has 0 saturated heterocycles. The van der Waals surface area contributed by atoms with E-state index in [0.29, 0.717) is 11.6 Å². The lowest BCUT2D eigenvalue weighted by Crippen LogP contribution is -2.33. The number of rotatable bonds is 9. The summed E-state index contributed by atoms with van der Waals surface area (Å²) in [6.07, 6.45) is -0.973. The molecule has 29 heavy (non-hydrogen) atoms. The van der Waals surface area contributed by atoms with Crippen molar-refractivity contribution >= 4 is 22.5 Å². The SMILES string of the molecule is CN(CCc1c[nH]c2cc(Cl)ccc12)Cc1cccc(OCC(F)(F)C(F)F)c1. The van der Waals surface area contributed by atoms with Gasteiger partial charge in [0.15, 0.2) is 6.61 Å². The Balaban J connectivity index is 1.55. The van der Waals surface area contributed by atoms with E-state index in [1.807, 2.05) is 37.5 Å². The Morgan fingerprint density at radius 1 is 1.17 bits per heavy atom. The summed E-state index contributed by atoms with van der Waals surface area (Å²) in [6, 6.07) is 12.3. The lowest BCUT2D eigenvalue weighted by molar-refractivity contribution is -0.148. The Morgan fingerprint density at radius 2 is 1.97 bits per heavy atom. The number of nitrogens with zero attached hydrogens (tertiary/aromatic N) is 1. The molecule has 0 bridgehead atoms. The summed E-state index contributed by atoms with van der Waals surface area (Å²) in [5.74, 6) is -4.03. The second kappa shape index (κ2) is 9.05. The minimum Gasteiger partial charge on any atom is -0.487 e. The van der Waals surface area contributed by atoms with Crippen molar-refractivity contribution in [2.75, 3.05) is 20.2 Å². The second-order valence-corrected chi connectivity index (χ2v) is 7.43. The van der Waals surface area contributed by atoms with Crippen LogP contribution in [0.5, 0.6) is 5.75 Å². The number of alkyl halides is 4. The van der Waals surface area contributed by atoms with E-state index in [1.165, 1.54) is 11.6 Å². The van der Waals surface area contributed by atoms with Crippen LogP contribution in [0.4, 0.5) is 17.6 Å². The summed E-state index contributed by atoms with van der Waals surface area (Å²) in [4.78, 5) is 5.29. The molecule has 0 aliphatic heterocycles. The lowest BCUT2D eigenvalue weighted by Gasteiger charge is -2.18.